The van der Waals surface area contributed by atoms with Crippen LogP contribution in [-0.2, 0) is 9.47 Å². The van der Waals surface area contributed by atoms with Gasteiger partial charge in [0.15, 0.2) is 0 Å². The number of hydrogen-bond donors (Lipinski definition) is 1. The molecule has 0 aromatic rings. The summed E-state index contributed by atoms with van der Waals surface area (Å²) in [7, 11) is 0. The van der Waals surface area contributed by atoms with Crippen LogP contribution in [-0.4, -0.2) is 38.5 Å². The summed E-state index contributed by atoms with van der Waals surface area (Å²) in [5.41, 5.74) is 0. The first-order chi connectivity index (χ1) is 7.68. The summed E-state index contributed by atoms with van der Waals surface area (Å²) in [5.74, 6) is 0.737. The Bertz CT molecular complexity index is 173. The molecule has 2 atom stereocenters. The van der Waals surface area contributed by atoms with Crippen molar-refractivity contribution >= 4 is 0 Å². The van der Waals surface area contributed by atoms with Crippen LogP contribution in [0, 0.1) is 5.92 Å². The fraction of sp³-hybridized carbons (Fsp3) is 1.00. The highest BCUT2D eigenvalue weighted by atomic mass is 16.5. The van der Waals surface area contributed by atoms with Gasteiger partial charge in [-0.2, -0.15) is 0 Å². The maximum Gasteiger partial charge on any atom is 0.0704 e. The maximum atomic E-state index is 5.72. The Morgan fingerprint density at radius 2 is 2.12 bits per heavy atom. The van der Waals surface area contributed by atoms with Gasteiger partial charge in [-0.15, -0.1) is 0 Å². The van der Waals surface area contributed by atoms with Crippen LogP contribution >= 0.6 is 0 Å². The highest BCUT2D eigenvalue weighted by Crippen LogP contribution is 2.17. The second kappa shape index (κ2) is 8.04. The molecule has 0 spiro atoms. The highest BCUT2D eigenvalue weighted by Gasteiger charge is 2.20. The van der Waals surface area contributed by atoms with Crippen molar-refractivity contribution in [2.45, 2.75) is 52.2 Å². The number of ether oxygens (including phenoxy) is 2. The molecular formula is C13H27NO2. The maximum absolute atomic E-state index is 5.72. The van der Waals surface area contributed by atoms with E-state index in [1.807, 2.05) is 0 Å². The van der Waals surface area contributed by atoms with E-state index in [9.17, 15) is 0 Å². The van der Waals surface area contributed by atoms with Crippen LogP contribution < -0.4 is 5.32 Å². The third-order valence-corrected chi connectivity index (χ3v) is 2.95. The lowest BCUT2D eigenvalue weighted by Gasteiger charge is -2.12. The molecule has 1 aliphatic rings. The van der Waals surface area contributed by atoms with Gasteiger partial charge in [0.25, 0.3) is 0 Å². The molecule has 96 valence electrons. The Morgan fingerprint density at radius 1 is 1.31 bits per heavy atom. The summed E-state index contributed by atoms with van der Waals surface area (Å²) < 4.78 is 11.2. The van der Waals surface area contributed by atoms with Gasteiger partial charge in [0.1, 0.15) is 0 Å². The van der Waals surface area contributed by atoms with Crippen LogP contribution in [0.1, 0.15) is 40.0 Å². The van der Waals surface area contributed by atoms with E-state index in [1.165, 1.54) is 12.8 Å². The summed E-state index contributed by atoms with van der Waals surface area (Å²) in [5, 5.41) is 3.39. The number of nitrogens with one attached hydrogen (secondary N) is 1. The van der Waals surface area contributed by atoms with Crippen LogP contribution in [0.2, 0.25) is 0 Å². The average Bonchev–Trinajstić information content (AvgIpc) is 2.62. The lowest BCUT2D eigenvalue weighted by Crippen LogP contribution is -2.29. The zero-order chi connectivity index (χ0) is 11.8. The van der Waals surface area contributed by atoms with Crippen LogP contribution in [0.4, 0.5) is 0 Å². The molecule has 0 aliphatic carbocycles. The fourth-order valence-corrected chi connectivity index (χ4v) is 1.86. The van der Waals surface area contributed by atoms with E-state index in [-0.39, 0.29) is 0 Å². The Balaban J connectivity index is 1.81. The molecule has 0 bridgehead atoms. The van der Waals surface area contributed by atoms with Crippen LogP contribution in [0.5, 0.6) is 0 Å². The molecule has 3 heteroatoms. The lowest BCUT2D eigenvalue weighted by atomic mass is 10.1. The van der Waals surface area contributed by atoms with Crippen LogP contribution in [0.25, 0.3) is 0 Å². The number of rotatable bonds is 8. The van der Waals surface area contributed by atoms with Crippen LogP contribution in [0.3, 0.4) is 0 Å². The number of hydrogen-bond acceptors (Lipinski definition) is 3. The van der Waals surface area contributed by atoms with Gasteiger partial charge in [0.2, 0.25) is 0 Å². The van der Waals surface area contributed by atoms with E-state index in [0.717, 1.165) is 38.6 Å². The lowest BCUT2D eigenvalue weighted by molar-refractivity contribution is 0.0538. The third-order valence-electron chi connectivity index (χ3n) is 2.95. The molecule has 0 saturated carbocycles. The fourth-order valence-electron chi connectivity index (χ4n) is 1.86. The van der Waals surface area contributed by atoms with Gasteiger partial charge < -0.3 is 14.8 Å². The summed E-state index contributed by atoms with van der Waals surface area (Å²) in [6.07, 6.45) is 4.43. The zero-order valence-corrected chi connectivity index (χ0v) is 11.0. The standard InChI is InChI=1S/C13H27NO2/c1-11(2)6-8-15-9-7-14-10-13-5-4-12(3)16-13/h11-14H,4-10H2,1-3H3. The van der Waals surface area contributed by atoms with Crippen molar-refractivity contribution in [1.82, 2.24) is 5.32 Å². The molecule has 1 rings (SSSR count). The predicted molar refractivity (Wildman–Crippen MR) is 66.7 cm³/mol. The molecule has 1 fully saturated rings. The van der Waals surface area contributed by atoms with E-state index in [1.54, 1.807) is 0 Å². The minimum absolute atomic E-state index is 0.422. The van der Waals surface area contributed by atoms with E-state index in [2.05, 4.69) is 26.1 Å². The molecule has 1 N–H and O–H groups in total. The Labute approximate surface area is 99.9 Å². The quantitative estimate of drug-likeness (QED) is 0.647. The molecular weight excluding hydrogens is 202 g/mol. The first-order valence-corrected chi connectivity index (χ1v) is 6.62. The average molecular weight is 229 g/mol. The first kappa shape index (κ1) is 13.9. The molecule has 2 unspecified atom stereocenters. The molecule has 0 radical (unpaired) electrons. The minimum atomic E-state index is 0.422. The summed E-state index contributed by atoms with van der Waals surface area (Å²) >= 11 is 0. The summed E-state index contributed by atoms with van der Waals surface area (Å²) in [6.45, 7) is 10.2. The highest BCUT2D eigenvalue weighted by molar-refractivity contribution is 4.72. The second-order valence-electron chi connectivity index (χ2n) is 5.15. The summed E-state index contributed by atoms with van der Waals surface area (Å²) in [4.78, 5) is 0. The predicted octanol–water partition coefficient (Wildman–Crippen LogP) is 2.21. The Kier molecular flexibility index (Phi) is 7.01. The van der Waals surface area contributed by atoms with Gasteiger partial charge in [-0.1, -0.05) is 13.8 Å². The first-order valence-electron chi connectivity index (χ1n) is 6.62. The molecule has 3 nitrogen and oxygen atoms in total. The van der Waals surface area contributed by atoms with Gasteiger partial charge in [-0.25, -0.2) is 0 Å². The van der Waals surface area contributed by atoms with Crippen molar-refractivity contribution in [2.24, 2.45) is 5.92 Å². The normalized spacial score (nSPS) is 25.5. The van der Waals surface area contributed by atoms with Crippen molar-refractivity contribution in [2.75, 3.05) is 26.3 Å². The molecule has 16 heavy (non-hydrogen) atoms. The van der Waals surface area contributed by atoms with Crippen molar-refractivity contribution in [3.05, 3.63) is 0 Å². The van der Waals surface area contributed by atoms with Gasteiger partial charge in [0.05, 0.1) is 18.8 Å². The van der Waals surface area contributed by atoms with Crippen molar-refractivity contribution in [3.63, 3.8) is 0 Å². The van der Waals surface area contributed by atoms with Crippen molar-refractivity contribution in [1.29, 1.82) is 0 Å². The van der Waals surface area contributed by atoms with Crippen molar-refractivity contribution < 1.29 is 9.47 Å². The third kappa shape index (κ3) is 6.46. The molecule has 0 amide bonds. The zero-order valence-electron chi connectivity index (χ0n) is 11.0. The van der Waals surface area contributed by atoms with Crippen molar-refractivity contribution in [3.8, 4) is 0 Å². The second-order valence-corrected chi connectivity index (χ2v) is 5.15. The molecule has 1 saturated heterocycles. The largest absolute Gasteiger partial charge is 0.380 e. The van der Waals surface area contributed by atoms with Gasteiger partial charge >= 0.3 is 0 Å². The Hall–Kier alpha value is -0.120. The van der Waals surface area contributed by atoms with E-state index in [4.69, 9.17) is 9.47 Å². The minimum Gasteiger partial charge on any atom is -0.380 e. The van der Waals surface area contributed by atoms with Crippen LogP contribution in [0.15, 0.2) is 0 Å². The van der Waals surface area contributed by atoms with E-state index in [0.29, 0.717) is 12.2 Å². The van der Waals surface area contributed by atoms with E-state index < -0.39 is 0 Å². The molecule has 1 heterocycles. The molecule has 0 aromatic carbocycles. The van der Waals surface area contributed by atoms with Gasteiger partial charge in [-0.05, 0) is 32.1 Å². The topological polar surface area (TPSA) is 30.5 Å². The molecule has 1 aliphatic heterocycles. The smallest absolute Gasteiger partial charge is 0.0704 e. The monoisotopic (exact) mass is 229 g/mol. The van der Waals surface area contributed by atoms with Gasteiger partial charge in [-0.3, -0.25) is 0 Å². The van der Waals surface area contributed by atoms with Gasteiger partial charge in [0, 0.05) is 19.7 Å². The Morgan fingerprint density at radius 3 is 2.75 bits per heavy atom. The van der Waals surface area contributed by atoms with E-state index >= 15 is 0 Å². The summed E-state index contributed by atoms with van der Waals surface area (Å²) in [6, 6.07) is 0. The SMILES string of the molecule is CC(C)CCOCCNCC1CCC(C)O1. The molecule has 0 aromatic heterocycles.